The number of aromatic amines is 1. The van der Waals surface area contributed by atoms with E-state index in [1.807, 2.05) is 31.3 Å². The summed E-state index contributed by atoms with van der Waals surface area (Å²) in [6, 6.07) is 8.16. The second-order valence-corrected chi connectivity index (χ2v) is 4.90. The van der Waals surface area contributed by atoms with Crippen LogP contribution in [-0.4, -0.2) is 16.3 Å². The van der Waals surface area contributed by atoms with E-state index >= 15 is 0 Å². The summed E-state index contributed by atoms with van der Waals surface area (Å²) in [4.78, 5) is 19.1. The normalized spacial score (nSPS) is 10.9. The molecule has 0 spiro atoms. The van der Waals surface area contributed by atoms with Crippen molar-refractivity contribution in [3.63, 3.8) is 0 Å². The van der Waals surface area contributed by atoms with Gasteiger partial charge in [-0.15, -0.1) is 11.3 Å². The molecule has 1 aromatic carbocycles. The fourth-order valence-corrected chi connectivity index (χ4v) is 2.70. The van der Waals surface area contributed by atoms with Crippen LogP contribution in [-0.2, 0) is 0 Å². The first-order valence-corrected chi connectivity index (χ1v) is 6.10. The van der Waals surface area contributed by atoms with Crippen LogP contribution in [0.1, 0.15) is 15.4 Å². The van der Waals surface area contributed by atoms with Crippen LogP contribution in [0.3, 0.4) is 0 Å². The zero-order chi connectivity index (χ0) is 11.8. The Morgan fingerprint density at radius 3 is 3.00 bits per heavy atom. The number of carbonyl (C=O) groups excluding carboxylic acids is 1. The van der Waals surface area contributed by atoms with Gasteiger partial charge in [0.15, 0.2) is 6.29 Å². The number of nitrogens with one attached hydrogen (secondary N) is 1. The lowest BCUT2D eigenvalue weighted by Crippen LogP contribution is -1.78. The highest BCUT2D eigenvalue weighted by atomic mass is 32.1. The first-order chi connectivity index (χ1) is 8.28. The van der Waals surface area contributed by atoms with Crippen LogP contribution in [0, 0.1) is 6.92 Å². The number of H-pyrrole nitrogens is 1. The number of carbonyl (C=O) groups is 1. The van der Waals surface area contributed by atoms with E-state index in [0.717, 1.165) is 33.5 Å². The third-order valence-corrected chi connectivity index (χ3v) is 3.87. The summed E-state index contributed by atoms with van der Waals surface area (Å²) in [5.41, 5.74) is 2.96. The number of fused-ring (bicyclic) bond motifs is 1. The summed E-state index contributed by atoms with van der Waals surface area (Å²) >= 11 is 1.43. The molecule has 0 saturated heterocycles. The molecule has 0 aliphatic rings. The Morgan fingerprint density at radius 2 is 2.24 bits per heavy atom. The van der Waals surface area contributed by atoms with Gasteiger partial charge in [-0.05, 0) is 31.2 Å². The molecule has 0 bridgehead atoms. The van der Waals surface area contributed by atoms with Gasteiger partial charge >= 0.3 is 0 Å². The van der Waals surface area contributed by atoms with Crippen molar-refractivity contribution in [2.45, 2.75) is 6.92 Å². The smallest absolute Gasteiger partial charge is 0.161 e. The molecule has 0 unspecified atom stereocenters. The number of benzene rings is 1. The number of hydrogen-bond donors (Lipinski definition) is 1. The van der Waals surface area contributed by atoms with Gasteiger partial charge in [0.05, 0.1) is 10.6 Å². The van der Waals surface area contributed by atoms with Crippen molar-refractivity contribution < 1.29 is 4.79 Å². The second-order valence-electron chi connectivity index (χ2n) is 3.87. The van der Waals surface area contributed by atoms with Crippen molar-refractivity contribution >= 4 is 28.5 Å². The van der Waals surface area contributed by atoms with Gasteiger partial charge in [-0.1, -0.05) is 0 Å². The van der Waals surface area contributed by atoms with Crippen molar-refractivity contribution in [3.05, 3.63) is 41.0 Å². The highest BCUT2D eigenvalue weighted by Gasteiger charge is 2.09. The van der Waals surface area contributed by atoms with Crippen LogP contribution < -0.4 is 0 Å². The SMILES string of the molecule is Cc1nc(-c2ccc3[nH]ccc3c2)sc1C=O. The zero-order valence-electron chi connectivity index (χ0n) is 9.23. The van der Waals surface area contributed by atoms with Gasteiger partial charge < -0.3 is 4.98 Å². The Morgan fingerprint density at radius 1 is 1.35 bits per heavy atom. The van der Waals surface area contributed by atoms with E-state index in [9.17, 15) is 4.79 Å². The summed E-state index contributed by atoms with van der Waals surface area (Å²) in [7, 11) is 0. The van der Waals surface area contributed by atoms with Gasteiger partial charge in [0, 0.05) is 22.7 Å². The van der Waals surface area contributed by atoms with Gasteiger partial charge in [-0.2, -0.15) is 0 Å². The van der Waals surface area contributed by atoms with Gasteiger partial charge in [0.25, 0.3) is 0 Å². The fourth-order valence-electron chi connectivity index (χ4n) is 1.83. The first-order valence-electron chi connectivity index (χ1n) is 5.28. The molecule has 0 atom stereocenters. The van der Waals surface area contributed by atoms with Gasteiger partial charge in [0.2, 0.25) is 0 Å². The predicted molar refractivity (Wildman–Crippen MR) is 69.5 cm³/mol. The highest BCUT2D eigenvalue weighted by Crippen LogP contribution is 2.29. The summed E-state index contributed by atoms with van der Waals surface area (Å²) in [6.07, 6.45) is 2.78. The Bertz CT molecular complexity index is 696. The number of rotatable bonds is 2. The molecule has 84 valence electrons. The molecule has 0 radical (unpaired) electrons. The van der Waals surface area contributed by atoms with E-state index in [0.29, 0.717) is 4.88 Å². The van der Waals surface area contributed by atoms with Crippen LogP contribution in [0.25, 0.3) is 21.5 Å². The largest absolute Gasteiger partial charge is 0.361 e. The molecule has 0 saturated carbocycles. The number of thiazole rings is 1. The average molecular weight is 242 g/mol. The monoisotopic (exact) mass is 242 g/mol. The van der Waals surface area contributed by atoms with Crippen LogP contribution in [0.5, 0.6) is 0 Å². The van der Waals surface area contributed by atoms with E-state index in [2.05, 4.69) is 16.0 Å². The maximum atomic E-state index is 10.8. The molecule has 0 amide bonds. The van der Waals surface area contributed by atoms with Gasteiger partial charge in [-0.3, -0.25) is 4.79 Å². The fraction of sp³-hybridized carbons (Fsp3) is 0.0769. The Hall–Kier alpha value is -1.94. The van der Waals surface area contributed by atoms with Gasteiger partial charge in [-0.25, -0.2) is 4.98 Å². The molecule has 1 N–H and O–H groups in total. The zero-order valence-corrected chi connectivity index (χ0v) is 10.0. The lowest BCUT2D eigenvalue weighted by atomic mass is 10.2. The number of aryl methyl sites for hydroxylation is 1. The molecule has 2 aromatic heterocycles. The molecular formula is C13H10N2OS. The topological polar surface area (TPSA) is 45.8 Å². The van der Waals surface area contributed by atoms with Crippen molar-refractivity contribution in [3.8, 4) is 10.6 Å². The molecule has 2 heterocycles. The number of aromatic nitrogens is 2. The minimum absolute atomic E-state index is 0.703. The van der Waals surface area contributed by atoms with E-state index in [1.54, 1.807) is 0 Å². The van der Waals surface area contributed by atoms with Crippen LogP contribution in [0.2, 0.25) is 0 Å². The van der Waals surface area contributed by atoms with Crippen LogP contribution >= 0.6 is 11.3 Å². The number of aldehydes is 1. The standard InChI is InChI=1S/C13H10N2OS/c1-8-12(7-16)17-13(15-8)10-2-3-11-9(6-10)4-5-14-11/h2-7,14H,1H3. The first kappa shape index (κ1) is 10.2. The van der Waals surface area contributed by atoms with E-state index in [1.165, 1.54) is 11.3 Å². The van der Waals surface area contributed by atoms with E-state index < -0.39 is 0 Å². The molecular weight excluding hydrogens is 232 g/mol. The van der Waals surface area contributed by atoms with E-state index in [-0.39, 0.29) is 0 Å². The van der Waals surface area contributed by atoms with Crippen molar-refractivity contribution in [1.82, 2.24) is 9.97 Å². The Balaban J connectivity index is 2.15. The molecule has 0 aliphatic heterocycles. The molecule has 4 heteroatoms. The average Bonchev–Trinajstić information content (AvgIpc) is 2.93. The number of hydrogen-bond acceptors (Lipinski definition) is 3. The summed E-state index contributed by atoms with van der Waals surface area (Å²) < 4.78 is 0. The number of nitrogens with zero attached hydrogens (tertiary/aromatic N) is 1. The third-order valence-electron chi connectivity index (χ3n) is 2.74. The predicted octanol–water partition coefficient (Wildman–Crippen LogP) is 3.41. The molecule has 0 aliphatic carbocycles. The van der Waals surface area contributed by atoms with Crippen molar-refractivity contribution in [1.29, 1.82) is 0 Å². The summed E-state index contributed by atoms with van der Waals surface area (Å²) in [5, 5.41) is 2.05. The summed E-state index contributed by atoms with van der Waals surface area (Å²) in [5.74, 6) is 0. The third kappa shape index (κ3) is 1.66. The Kier molecular flexibility index (Phi) is 2.30. The Labute approximate surface area is 102 Å². The second kappa shape index (κ2) is 3.82. The summed E-state index contributed by atoms with van der Waals surface area (Å²) in [6.45, 7) is 1.86. The lowest BCUT2D eigenvalue weighted by molar-refractivity contribution is 0.112. The minimum Gasteiger partial charge on any atom is -0.361 e. The molecule has 3 rings (SSSR count). The van der Waals surface area contributed by atoms with Gasteiger partial charge in [0.1, 0.15) is 5.01 Å². The van der Waals surface area contributed by atoms with Crippen molar-refractivity contribution in [2.24, 2.45) is 0 Å². The quantitative estimate of drug-likeness (QED) is 0.700. The molecule has 3 nitrogen and oxygen atoms in total. The minimum atomic E-state index is 0.703. The maximum Gasteiger partial charge on any atom is 0.161 e. The maximum absolute atomic E-state index is 10.8. The molecule has 17 heavy (non-hydrogen) atoms. The van der Waals surface area contributed by atoms with Crippen molar-refractivity contribution in [2.75, 3.05) is 0 Å². The van der Waals surface area contributed by atoms with Crippen LogP contribution in [0.4, 0.5) is 0 Å². The highest BCUT2D eigenvalue weighted by molar-refractivity contribution is 7.16. The van der Waals surface area contributed by atoms with E-state index in [4.69, 9.17) is 0 Å². The molecule has 3 aromatic rings. The molecule has 0 fully saturated rings. The lowest BCUT2D eigenvalue weighted by Gasteiger charge is -1.96. The van der Waals surface area contributed by atoms with Crippen LogP contribution in [0.15, 0.2) is 30.5 Å².